The van der Waals surface area contributed by atoms with E-state index in [0.29, 0.717) is 0 Å². The Hall–Kier alpha value is -1.17. The lowest BCUT2D eigenvalue weighted by atomic mass is 9.88. The first-order valence-corrected chi connectivity index (χ1v) is 8.76. The summed E-state index contributed by atoms with van der Waals surface area (Å²) in [5, 5.41) is 3.67. The third-order valence-electron chi connectivity index (χ3n) is 5.42. The molecule has 0 saturated carbocycles. The number of nitrogens with one attached hydrogen (secondary N) is 1. The third kappa shape index (κ3) is 3.58. The zero-order valence-corrected chi connectivity index (χ0v) is 15.1. The molecule has 0 aromatic heterocycles. The Balaban J connectivity index is 0.00000169. The van der Waals surface area contributed by atoms with Crippen LogP contribution >= 0.6 is 12.4 Å². The number of ether oxygens (including phenoxy) is 3. The van der Waals surface area contributed by atoms with Crippen molar-refractivity contribution in [2.24, 2.45) is 5.92 Å². The van der Waals surface area contributed by atoms with Crippen LogP contribution in [0.25, 0.3) is 0 Å². The lowest BCUT2D eigenvalue weighted by Crippen LogP contribution is -2.40. The van der Waals surface area contributed by atoms with Crippen molar-refractivity contribution in [1.29, 1.82) is 0 Å². The van der Waals surface area contributed by atoms with Crippen molar-refractivity contribution in [2.75, 3.05) is 33.5 Å². The maximum Gasteiger partial charge on any atom is 0.231 e. The standard InChI is InChI=1S/C18H26N2O3.ClH/c1-21-16-9-13(10-17-18(16)23-12-22-17)11-20-7-4-14(5-8-20)15-3-2-6-19-15;/h9-10,14-15,19H,2-8,11-12H2,1H3;1H. The number of likely N-dealkylation sites (tertiary alicyclic amines) is 1. The minimum absolute atomic E-state index is 0. The van der Waals surface area contributed by atoms with Crippen LogP contribution in [0.2, 0.25) is 0 Å². The van der Waals surface area contributed by atoms with Crippen LogP contribution in [0.5, 0.6) is 17.2 Å². The first kappa shape index (κ1) is 17.6. The largest absolute Gasteiger partial charge is 0.493 e. The number of benzene rings is 1. The summed E-state index contributed by atoms with van der Waals surface area (Å²) in [5.74, 6) is 3.19. The lowest BCUT2D eigenvalue weighted by molar-refractivity contribution is 0.157. The minimum atomic E-state index is 0. The van der Waals surface area contributed by atoms with Crippen LogP contribution in [0, 0.1) is 5.92 Å². The van der Waals surface area contributed by atoms with Gasteiger partial charge in [0.1, 0.15) is 0 Å². The minimum Gasteiger partial charge on any atom is -0.493 e. The second kappa shape index (κ2) is 7.81. The van der Waals surface area contributed by atoms with E-state index >= 15 is 0 Å². The Kier molecular flexibility index (Phi) is 5.74. The Morgan fingerprint density at radius 3 is 2.75 bits per heavy atom. The molecule has 0 amide bonds. The first-order valence-electron chi connectivity index (χ1n) is 8.76. The van der Waals surface area contributed by atoms with Crippen molar-refractivity contribution < 1.29 is 14.2 Å². The molecule has 3 aliphatic rings. The molecule has 1 N–H and O–H groups in total. The van der Waals surface area contributed by atoms with Gasteiger partial charge >= 0.3 is 0 Å². The van der Waals surface area contributed by atoms with E-state index in [1.165, 1.54) is 50.9 Å². The fourth-order valence-electron chi connectivity index (χ4n) is 4.16. The van der Waals surface area contributed by atoms with Crippen molar-refractivity contribution in [2.45, 2.75) is 38.3 Å². The van der Waals surface area contributed by atoms with E-state index in [9.17, 15) is 0 Å². The zero-order chi connectivity index (χ0) is 15.6. The molecule has 1 aromatic carbocycles. The zero-order valence-electron chi connectivity index (χ0n) is 14.3. The molecule has 1 atom stereocenters. The van der Waals surface area contributed by atoms with Gasteiger partial charge < -0.3 is 19.5 Å². The summed E-state index contributed by atoms with van der Waals surface area (Å²) in [5.41, 5.74) is 1.24. The van der Waals surface area contributed by atoms with Gasteiger partial charge in [-0.25, -0.2) is 0 Å². The molecule has 3 heterocycles. The van der Waals surface area contributed by atoms with Gasteiger partial charge in [-0.05, 0) is 68.9 Å². The molecule has 6 heteroatoms. The lowest BCUT2D eigenvalue weighted by Gasteiger charge is -2.35. The highest BCUT2D eigenvalue weighted by Crippen LogP contribution is 2.42. The Labute approximate surface area is 150 Å². The molecule has 0 radical (unpaired) electrons. The van der Waals surface area contributed by atoms with Gasteiger partial charge in [-0.1, -0.05) is 0 Å². The summed E-state index contributed by atoms with van der Waals surface area (Å²) in [6, 6.07) is 4.94. The van der Waals surface area contributed by atoms with Crippen molar-refractivity contribution in [3.05, 3.63) is 17.7 Å². The third-order valence-corrected chi connectivity index (χ3v) is 5.42. The molecule has 5 nitrogen and oxygen atoms in total. The molecular weight excluding hydrogens is 328 g/mol. The molecule has 0 spiro atoms. The summed E-state index contributed by atoms with van der Waals surface area (Å²) in [4.78, 5) is 2.54. The number of rotatable bonds is 4. The molecule has 1 aromatic rings. The van der Waals surface area contributed by atoms with E-state index in [1.807, 2.05) is 0 Å². The monoisotopic (exact) mass is 354 g/mol. The number of hydrogen-bond acceptors (Lipinski definition) is 5. The van der Waals surface area contributed by atoms with E-state index in [2.05, 4.69) is 22.3 Å². The average Bonchev–Trinajstić information content (AvgIpc) is 3.26. The van der Waals surface area contributed by atoms with Crippen LogP contribution in [0.3, 0.4) is 0 Å². The maximum absolute atomic E-state index is 5.53. The van der Waals surface area contributed by atoms with Gasteiger partial charge in [0.05, 0.1) is 7.11 Å². The summed E-state index contributed by atoms with van der Waals surface area (Å²) >= 11 is 0. The molecule has 0 bridgehead atoms. The van der Waals surface area contributed by atoms with E-state index in [-0.39, 0.29) is 19.2 Å². The van der Waals surface area contributed by atoms with Gasteiger partial charge in [-0.3, -0.25) is 4.90 Å². The quantitative estimate of drug-likeness (QED) is 0.900. The molecule has 1 unspecified atom stereocenters. The molecule has 0 aliphatic carbocycles. The van der Waals surface area contributed by atoms with Gasteiger partial charge in [0.25, 0.3) is 0 Å². The van der Waals surface area contributed by atoms with Gasteiger partial charge in [-0.2, -0.15) is 0 Å². The van der Waals surface area contributed by atoms with E-state index in [4.69, 9.17) is 14.2 Å². The number of piperidine rings is 1. The molecule has 2 saturated heterocycles. The van der Waals surface area contributed by atoms with E-state index in [0.717, 1.165) is 35.8 Å². The van der Waals surface area contributed by atoms with Gasteiger partial charge in [0.2, 0.25) is 12.5 Å². The van der Waals surface area contributed by atoms with Gasteiger partial charge in [0.15, 0.2) is 11.5 Å². The van der Waals surface area contributed by atoms with Crippen LogP contribution in [0.15, 0.2) is 12.1 Å². The van der Waals surface area contributed by atoms with Gasteiger partial charge in [-0.15, -0.1) is 12.4 Å². The highest BCUT2D eigenvalue weighted by Gasteiger charge is 2.28. The second-order valence-corrected chi connectivity index (χ2v) is 6.85. The number of nitrogens with zero attached hydrogens (tertiary/aromatic N) is 1. The summed E-state index contributed by atoms with van der Waals surface area (Å²) in [6.45, 7) is 4.81. The SMILES string of the molecule is COc1cc(CN2CCC(C3CCCN3)CC2)cc2c1OCO2.Cl. The topological polar surface area (TPSA) is 43.0 Å². The molecule has 24 heavy (non-hydrogen) atoms. The fraction of sp³-hybridized carbons (Fsp3) is 0.667. The van der Waals surface area contributed by atoms with Crippen molar-refractivity contribution >= 4 is 12.4 Å². The van der Waals surface area contributed by atoms with Crippen LogP contribution in [0.1, 0.15) is 31.2 Å². The predicted molar refractivity (Wildman–Crippen MR) is 95.4 cm³/mol. The predicted octanol–water partition coefficient (Wildman–Crippen LogP) is 2.81. The number of hydrogen-bond donors (Lipinski definition) is 1. The second-order valence-electron chi connectivity index (χ2n) is 6.85. The summed E-state index contributed by atoms with van der Waals surface area (Å²) < 4.78 is 16.4. The summed E-state index contributed by atoms with van der Waals surface area (Å²) in [7, 11) is 1.68. The fourth-order valence-corrected chi connectivity index (χ4v) is 4.16. The van der Waals surface area contributed by atoms with Crippen molar-refractivity contribution in [3.8, 4) is 17.2 Å². The number of methoxy groups -OCH3 is 1. The molecule has 2 fully saturated rings. The van der Waals surface area contributed by atoms with Crippen molar-refractivity contribution in [3.63, 3.8) is 0 Å². The van der Waals surface area contributed by atoms with Crippen molar-refractivity contribution in [1.82, 2.24) is 10.2 Å². The molecule has 134 valence electrons. The van der Waals surface area contributed by atoms with Crippen LogP contribution in [-0.4, -0.2) is 44.5 Å². The van der Waals surface area contributed by atoms with Crippen LogP contribution in [0.4, 0.5) is 0 Å². The highest BCUT2D eigenvalue weighted by atomic mass is 35.5. The molecule has 4 rings (SSSR count). The van der Waals surface area contributed by atoms with E-state index in [1.54, 1.807) is 7.11 Å². The highest BCUT2D eigenvalue weighted by molar-refractivity contribution is 5.85. The molecular formula is C18H27ClN2O3. The smallest absolute Gasteiger partial charge is 0.231 e. The first-order chi connectivity index (χ1) is 11.3. The Bertz CT molecular complexity index is 555. The average molecular weight is 355 g/mol. The van der Waals surface area contributed by atoms with Crippen LogP contribution in [-0.2, 0) is 6.54 Å². The Morgan fingerprint density at radius 2 is 2.04 bits per heavy atom. The van der Waals surface area contributed by atoms with Crippen LogP contribution < -0.4 is 19.5 Å². The number of fused-ring (bicyclic) bond motifs is 1. The van der Waals surface area contributed by atoms with E-state index < -0.39 is 0 Å². The number of halogens is 1. The maximum atomic E-state index is 5.53. The summed E-state index contributed by atoms with van der Waals surface area (Å²) in [6.07, 6.45) is 5.32. The molecule has 3 aliphatic heterocycles. The normalized spacial score (nSPS) is 24.0. The van der Waals surface area contributed by atoms with Gasteiger partial charge in [0, 0.05) is 12.6 Å². The Morgan fingerprint density at radius 1 is 1.21 bits per heavy atom.